The Morgan fingerprint density at radius 2 is 1.50 bits per heavy atom. The van der Waals surface area contributed by atoms with Crippen molar-refractivity contribution in [2.24, 2.45) is 74.4 Å². The van der Waals surface area contributed by atoms with Crippen molar-refractivity contribution in [1.29, 1.82) is 0 Å². The van der Waals surface area contributed by atoms with Crippen molar-refractivity contribution in [3.63, 3.8) is 0 Å². The lowest BCUT2D eigenvalue weighted by atomic mass is 9.23. The number of hydrogen-bond acceptors (Lipinski definition) is 0. The fourth-order valence-corrected chi connectivity index (χ4v) is 12.4. The summed E-state index contributed by atoms with van der Waals surface area (Å²) >= 11 is 0. The van der Waals surface area contributed by atoms with Gasteiger partial charge in [-0.1, -0.05) is 55.4 Å². The first-order chi connectivity index (χ1) is 11.0. The molecule has 0 heterocycles. The first-order valence-electron chi connectivity index (χ1n) is 11.0. The minimum absolute atomic E-state index is 0.533. The second-order valence-corrected chi connectivity index (χ2v) is 12.7. The van der Waals surface area contributed by atoms with Crippen LogP contribution in [0.15, 0.2) is 0 Å². The predicted molar refractivity (Wildman–Crippen MR) is 99.3 cm³/mol. The maximum Gasteiger partial charge on any atom is -0.0153 e. The molecule has 4 bridgehead atoms. The minimum atomic E-state index is 0.533. The van der Waals surface area contributed by atoms with Crippen molar-refractivity contribution in [1.82, 2.24) is 0 Å². The van der Waals surface area contributed by atoms with E-state index in [1.807, 2.05) is 0 Å². The average Bonchev–Trinajstić information content (AvgIpc) is 2.75. The van der Waals surface area contributed by atoms with E-state index in [4.69, 9.17) is 0 Å². The molecule has 6 fully saturated rings. The lowest BCUT2D eigenvalue weighted by Crippen LogP contribution is -2.76. The lowest BCUT2D eigenvalue weighted by Gasteiger charge is -2.81. The highest BCUT2D eigenvalue weighted by atomic mass is 15.0. The molecule has 0 aromatic rings. The molecular formula is C24H38. The second kappa shape index (κ2) is 3.43. The molecule has 6 saturated carbocycles. The molecule has 0 aliphatic heterocycles. The molecule has 0 nitrogen and oxygen atoms in total. The van der Waals surface area contributed by atoms with Crippen LogP contribution in [-0.2, 0) is 0 Å². The molecule has 6 aliphatic rings. The molecule has 0 amide bonds. The third kappa shape index (κ3) is 0.915. The first kappa shape index (κ1) is 15.1. The summed E-state index contributed by atoms with van der Waals surface area (Å²) in [5.74, 6) is 8.27. The van der Waals surface area contributed by atoms with Crippen molar-refractivity contribution in [2.45, 2.75) is 74.7 Å². The molecular weight excluding hydrogens is 288 g/mol. The van der Waals surface area contributed by atoms with Crippen LogP contribution in [0.5, 0.6) is 0 Å². The summed E-state index contributed by atoms with van der Waals surface area (Å²) in [6.45, 7) is 21.6. The molecule has 0 saturated heterocycles. The summed E-state index contributed by atoms with van der Waals surface area (Å²) in [6.07, 6.45) is 4.67. The van der Waals surface area contributed by atoms with Gasteiger partial charge in [-0.3, -0.25) is 0 Å². The van der Waals surface area contributed by atoms with E-state index in [-0.39, 0.29) is 0 Å². The van der Waals surface area contributed by atoms with Gasteiger partial charge < -0.3 is 0 Å². The summed E-state index contributed by atoms with van der Waals surface area (Å²) in [5.41, 5.74) is 2.86. The SMILES string of the molecule is CC1C2C3CC2C(C)C2(C)C4(C)C(CC5(CC(C)(C)C52C)C4C)C13. The van der Waals surface area contributed by atoms with Crippen LogP contribution < -0.4 is 0 Å². The third-order valence-electron chi connectivity index (χ3n) is 13.6. The Labute approximate surface area is 149 Å². The van der Waals surface area contributed by atoms with Crippen LogP contribution in [0.2, 0.25) is 0 Å². The highest BCUT2D eigenvalue weighted by molar-refractivity contribution is 5.39. The van der Waals surface area contributed by atoms with Gasteiger partial charge in [0.1, 0.15) is 0 Å². The van der Waals surface area contributed by atoms with Crippen LogP contribution in [0.25, 0.3) is 0 Å². The fourth-order valence-electron chi connectivity index (χ4n) is 12.4. The smallest absolute Gasteiger partial charge is 0.0153 e. The molecule has 0 heteroatoms. The van der Waals surface area contributed by atoms with Crippen LogP contribution in [0.4, 0.5) is 0 Å². The van der Waals surface area contributed by atoms with Crippen molar-refractivity contribution in [3.8, 4) is 0 Å². The van der Waals surface area contributed by atoms with Crippen molar-refractivity contribution in [2.75, 3.05) is 0 Å². The Balaban J connectivity index is 1.64. The van der Waals surface area contributed by atoms with Crippen LogP contribution >= 0.6 is 0 Å². The number of rotatable bonds is 0. The summed E-state index contributed by atoms with van der Waals surface area (Å²) in [5, 5.41) is 0. The molecule has 6 rings (SSSR count). The summed E-state index contributed by atoms with van der Waals surface area (Å²) in [4.78, 5) is 0. The quantitative estimate of drug-likeness (QED) is 0.493. The maximum absolute atomic E-state index is 2.80. The van der Waals surface area contributed by atoms with E-state index in [0.29, 0.717) is 27.1 Å². The van der Waals surface area contributed by atoms with Gasteiger partial charge in [0.2, 0.25) is 0 Å². The van der Waals surface area contributed by atoms with E-state index in [2.05, 4.69) is 55.4 Å². The Hall–Kier alpha value is 0. The van der Waals surface area contributed by atoms with Gasteiger partial charge in [-0.2, -0.15) is 0 Å². The monoisotopic (exact) mass is 326 g/mol. The number of hydrogen-bond donors (Lipinski definition) is 0. The summed E-state index contributed by atoms with van der Waals surface area (Å²) in [6, 6.07) is 0. The van der Waals surface area contributed by atoms with E-state index in [9.17, 15) is 0 Å². The van der Waals surface area contributed by atoms with Crippen LogP contribution in [0.3, 0.4) is 0 Å². The zero-order chi connectivity index (χ0) is 17.2. The molecule has 12 unspecified atom stereocenters. The molecule has 6 aliphatic carbocycles. The lowest BCUT2D eigenvalue weighted by molar-refractivity contribution is -0.336. The molecule has 1 spiro atoms. The third-order valence-corrected chi connectivity index (χ3v) is 13.6. The Morgan fingerprint density at radius 1 is 0.833 bits per heavy atom. The Bertz CT molecular complexity index is 655. The Kier molecular flexibility index (Phi) is 2.16. The average molecular weight is 327 g/mol. The molecule has 134 valence electrons. The van der Waals surface area contributed by atoms with Gasteiger partial charge in [0, 0.05) is 0 Å². The van der Waals surface area contributed by atoms with Crippen LogP contribution in [-0.4, -0.2) is 0 Å². The van der Waals surface area contributed by atoms with E-state index in [0.717, 1.165) is 47.3 Å². The van der Waals surface area contributed by atoms with E-state index < -0.39 is 0 Å². The molecule has 0 aromatic carbocycles. The minimum Gasteiger partial charge on any atom is -0.0619 e. The highest BCUT2D eigenvalue weighted by Gasteiger charge is 2.92. The maximum atomic E-state index is 2.80. The predicted octanol–water partition coefficient (Wildman–Crippen LogP) is 6.26. The second-order valence-electron chi connectivity index (χ2n) is 12.7. The summed E-state index contributed by atoms with van der Waals surface area (Å²) < 4.78 is 0. The fraction of sp³-hybridized carbons (Fsp3) is 1.00. The largest absolute Gasteiger partial charge is 0.0619 e. The van der Waals surface area contributed by atoms with E-state index in [1.165, 1.54) is 6.42 Å². The van der Waals surface area contributed by atoms with Crippen molar-refractivity contribution >= 4 is 0 Å². The van der Waals surface area contributed by atoms with E-state index in [1.54, 1.807) is 12.8 Å². The first-order valence-corrected chi connectivity index (χ1v) is 11.0. The molecule has 12 atom stereocenters. The van der Waals surface area contributed by atoms with Gasteiger partial charge in [0.05, 0.1) is 0 Å². The van der Waals surface area contributed by atoms with Gasteiger partial charge in [0.15, 0.2) is 0 Å². The normalized spacial score (nSPS) is 76.0. The molecule has 24 heavy (non-hydrogen) atoms. The Morgan fingerprint density at radius 3 is 2.08 bits per heavy atom. The molecule has 0 aromatic heterocycles. The zero-order valence-electron chi connectivity index (χ0n) is 17.2. The van der Waals surface area contributed by atoms with E-state index >= 15 is 0 Å². The highest BCUT2D eigenvalue weighted by Crippen LogP contribution is 2.97. The standard InChI is InChI=1S/C24H38/c1-12-18-15-9-16(18)19(12)17-10-24-11-20(4,5)23(24,8)22(7,13(15)2)21(17,6)14(24)3/h12-19H,9-11H2,1-8H3. The topological polar surface area (TPSA) is 0 Å². The molecule has 0 N–H and O–H groups in total. The summed E-state index contributed by atoms with van der Waals surface area (Å²) in [7, 11) is 0. The van der Waals surface area contributed by atoms with Gasteiger partial charge >= 0.3 is 0 Å². The number of fused-ring (bicyclic) bond motifs is 4. The van der Waals surface area contributed by atoms with Gasteiger partial charge in [-0.25, -0.2) is 0 Å². The van der Waals surface area contributed by atoms with Crippen molar-refractivity contribution < 1.29 is 0 Å². The van der Waals surface area contributed by atoms with Gasteiger partial charge in [-0.05, 0) is 93.7 Å². The van der Waals surface area contributed by atoms with Crippen molar-refractivity contribution in [3.05, 3.63) is 0 Å². The zero-order valence-corrected chi connectivity index (χ0v) is 17.2. The molecule has 0 radical (unpaired) electrons. The van der Waals surface area contributed by atoms with Crippen LogP contribution in [0.1, 0.15) is 74.7 Å². The van der Waals surface area contributed by atoms with Gasteiger partial charge in [-0.15, -0.1) is 0 Å². The van der Waals surface area contributed by atoms with Gasteiger partial charge in [0.25, 0.3) is 0 Å². The van der Waals surface area contributed by atoms with Crippen LogP contribution in [0, 0.1) is 74.4 Å².